The van der Waals surface area contributed by atoms with Gasteiger partial charge in [0.1, 0.15) is 0 Å². The van der Waals surface area contributed by atoms with E-state index in [1.54, 1.807) is 58.3 Å². The Labute approximate surface area is 312 Å². The minimum atomic E-state index is -0.318. The molecule has 4 aromatic rings. The Hall–Kier alpha value is -3.40. The molecule has 0 aromatic heterocycles. The quantitative estimate of drug-likeness (QED) is 0.100. The molecule has 0 aliphatic carbocycles. The summed E-state index contributed by atoms with van der Waals surface area (Å²) in [5.41, 5.74) is 2.44. The van der Waals surface area contributed by atoms with Crippen molar-refractivity contribution < 1.29 is 19.2 Å². The second kappa shape index (κ2) is 19.0. The van der Waals surface area contributed by atoms with Crippen LogP contribution in [0.25, 0.3) is 0 Å². The second-order valence-corrected chi connectivity index (χ2v) is 14.3. The molecule has 4 amide bonds. The topological polar surface area (TPSA) is 123 Å². The Morgan fingerprint density at radius 1 is 0.375 bits per heavy atom. The summed E-state index contributed by atoms with van der Waals surface area (Å²) in [7, 11) is 0. The van der Waals surface area contributed by atoms with E-state index >= 15 is 0 Å². The fraction of sp³-hybridized carbons (Fsp3) is 0.176. The lowest BCUT2D eigenvalue weighted by Gasteiger charge is -2.26. The van der Waals surface area contributed by atoms with Crippen molar-refractivity contribution in [3.05, 3.63) is 115 Å². The second-order valence-electron chi connectivity index (χ2n) is 10.6. The van der Waals surface area contributed by atoms with Gasteiger partial charge in [0.25, 0.3) is 0 Å². The van der Waals surface area contributed by atoms with Crippen molar-refractivity contribution in [2.75, 3.05) is 60.5 Å². The van der Waals surface area contributed by atoms with Gasteiger partial charge in [0, 0.05) is 53.7 Å². The van der Waals surface area contributed by atoms with Gasteiger partial charge >= 0.3 is 0 Å². The van der Waals surface area contributed by atoms with E-state index < -0.39 is 0 Å². The van der Waals surface area contributed by atoms with Gasteiger partial charge in [0.05, 0.1) is 26.2 Å². The van der Waals surface area contributed by atoms with Crippen molar-refractivity contribution in [3.8, 4) is 0 Å². The standard InChI is InChI=1S/C34H32Br4N6O4/c35-23-1-9-27(10-2-23)39-31(45)19-43(20-32(46)40-28-11-3-24(36)4-12-28)17-18-44(21-33(47)41-29-13-5-25(37)6-14-29)22-34(48)42-30-15-7-26(38)8-16-30/h1-16H,17-22H2,(H,39,45)(H,40,46)(H,41,47)(H,42,48). The normalized spacial score (nSPS) is 10.9. The fourth-order valence-electron chi connectivity index (χ4n) is 4.46. The van der Waals surface area contributed by atoms with Crippen molar-refractivity contribution in [1.82, 2.24) is 9.80 Å². The van der Waals surface area contributed by atoms with Gasteiger partial charge in [0.15, 0.2) is 0 Å². The van der Waals surface area contributed by atoms with Crippen LogP contribution < -0.4 is 21.3 Å². The van der Waals surface area contributed by atoms with Crippen molar-refractivity contribution in [2.24, 2.45) is 0 Å². The summed E-state index contributed by atoms with van der Waals surface area (Å²) in [4.78, 5) is 55.7. The zero-order valence-corrected chi connectivity index (χ0v) is 31.9. The first kappa shape index (κ1) is 37.4. The van der Waals surface area contributed by atoms with E-state index in [-0.39, 0.29) is 62.9 Å². The maximum Gasteiger partial charge on any atom is 0.238 e. The summed E-state index contributed by atoms with van der Waals surface area (Å²) >= 11 is 13.5. The van der Waals surface area contributed by atoms with E-state index in [0.717, 1.165) is 17.9 Å². The third-order valence-electron chi connectivity index (χ3n) is 6.71. The Morgan fingerprint density at radius 3 is 0.750 bits per heavy atom. The molecule has 0 saturated heterocycles. The monoisotopic (exact) mass is 904 g/mol. The van der Waals surface area contributed by atoms with Crippen LogP contribution in [0.15, 0.2) is 115 Å². The minimum absolute atomic E-state index is 0.103. The number of hydrogen-bond donors (Lipinski definition) is 4. The lowest BCUT2D eigenvalue weighted by Crippen LogP contribution is -2.46. The molecular formula is C34H32Br4N6O4. The van der Waals surface area contributed by atoms with Crippen molar-refractivity contribution in [2.45, 2.75) is 0 Å². The first-order valence-electron chi connectivity index (χ1n) is 14.7. The molecule has 4 rings (SSSR count). The molecule has 0 bridgehead atoms. The van der Waals surface area contributed by atoms with Crippen LogP contribution in [-0.2, 0) is 19.2 Å². The van der Waals surface area contributed by atoms with Gasteiger partial charge in [-0.05, 0) is 97.1 Å². The van der Waals surface area contributed by atoms with Crippen molar-refractivity contribution in [3.63, 3.8) is 0 Å². The molecule has 4 aromatic carbocycles. The van der Waals surface area contributed by atoms with Crippen molar-refractivity contribution in [1.29, 1.82) is 0 Å². The molecule has 14 heteroatoms. The zero-order chi connectivity index (χ0) is 34.5. The molecule has 4 N–H and O–H groups in total. The van der Waals surface area contributed by atoms with Crippen LogP contribution in [0.4, 0.5) is 22.7 Å². The molecule has 0 aliphatic heterocycles. The van der Waals surface area contributed by atoms with E-state index in [0.29, 0.717) is 22.7 Å². The molecule has 48 heavy (non-hydrogen) atoms. The molecule has 250 valence electrons. The number of nitrogens with zero attached hydrogens (tertiary/aromatic N) is 2. The minimum Gasteiger partial charge on any atom is -0.325 e. The maximum atomic E-state index is 13.1. The van der Waals surface area contributed by atoms with E-state index in [1.165, 1.54) is 0 Å². The van der Waals surface area contributed by atoms with Gasteiger partial charge in [0.2, 0.25) is 23.6 Å². The number of anilines is 4. The third-order valence-corrected chi connectivity index (χ3v) is 8.83. The van der Waals surface area contributed by atoms with Crippen LogP contribution in [0, 0.1) is 0 Å². The van der Waals surface area contributed by atoms with Gasteiger partial charge in [-0.1, -0.05) is 63.7 Å². The average molecular weight is 908 g/mol. The molecule has 0 aliphatic rings. The molecule has 0 atom stereocenters. The maximum absolute atomic E-state index is 13.1. The summed E-state index contributed by atoms with van der Waals surface area (Å²) in [5, 5.41) is 11.4. The summed E-state index contributed by atoms with van der Waals surface area (Å²) < 4.78 is 3.50. The van der Waals surface area contributed by atoms with Crippen LogP contribution in [-0.4, -0.2) is 72.7 Å². The molecule has 0 heterocycles. The highest BCUT2D eigenvalue weighted by molar-refractivity contribution is 9.11. The number of amides is 4. The zero-order valence-electron chi connectivity index (χ0n) is 25.5. The number of carbonyl (C=O) groups excluding carboxylic acids is 4. The highest BCUT2D eigenvalue weighted by Crippen LogP contribution is 2.17. The number of rotatable bonds is 15. The molecule has 0 radical (unpaired) electrons. The first-order valence-corrected chi connectivity index (χ1v) is 17.8. The first-order chi connectivity index (χ1) is 23.0. The summed E-state index contributed by atoms with van der Waals surface area (Å²) in [6.07, 6.45) is 0. The lowest BCUT2D eigenvalue weighted by atomic mass is 10.3. The third kappa shape index (κ3) is 13.6. The Morgan fingerprint density at radius 2 is 0.562 bits per heavy atom. The van der Waals surface area contributed by atoms with Crippen LogP contribution in [0.2, 0.25) is 0 Å². The van der Waals surface area contributed by atoms with E-state index in [4.69, 9.17) is 0 Å². The number of carbonyl (C=O) groups is 4. The van der Waals surface area contributed by atoms with Gasteiger partial charge in [-0.25, -0.2) is 0 Å². The summed E-state index contributed by atoms with van der Waals surface area (Å²) in [6.45, 7) is 0.000644. The van der Waals surface area contributed by atoms with E-state index in [2.05, 4.69) is 85.0 Å². The van der Waals surface area contributed by atoms with Crippen LogP contribution in [0.3, 0.4) is 0 Å². The van der Waals surface area contributed by atoms with Crippen LogP contribution >= 0.6 is 63.7 Å². The van der Waals surface area contributed by atoms with Gasteiger partial charge < -0.3 is 21.3 Å². The molecular weight excluding hydrogens is 876 g/mol. The highest BCUT2D eigenvalue weighted by Gasteiger charge is 2.20. The molecule has 0 unspecified atom stereocenters. The summed E-state index contributed by atoms with van der Waals surface area (Å²) in [5.74, 6) is -1.27. The highest BCUT2D eigenvalue weighted by atomic mass is 79.9. The predicted molar refractivity (Wildman–Crippen MR) is 204 cm³/mol. The van der Waals surface area contributed by atoms with Crippen LogP contribution in [0.5, 0.6) is 0 Å². The number of benzene rings is 4. The molecule has 0 fully saturated rings. The average Bonchev–Trinajstić information content (AvgIpc) is 3.04. The molecule has 0 saturated carbocycles. The number of halogens is 4. The SMILES string of the molecule is O=C(CN(CCN(CC(=O)Nc1ccc(Br)cc1)CC(=O)Nc1ccc(Br)cc1)CC(=O)Nc1ccc(Br)cc1)Nc1ccc(Br)cc1. The largest absolute Gasteiger partial charge is 0.325 e. The van der Waals surface area contributed by atoms with Crippen molar-refractivity contribution >= 4 is 110 Å². The van der Waals surface area contributed by atoms with E-state index in [9.17, 15) is 19.2 Å². The molecule has 0 spiro atoms. The van der Waals surface area contributed by atoms with Gasteiger partial charge in [-0.3, -0.25) is 29.0 Å². The Balaban J connectivity index is 1.46. The van der Waals surface area contributed by atoms with Gasteiger partial charge in [-0.2, -0.15) is 0 Å². The summed E-state index contributed by atoms with van der Waals surface area (Å²) in [6, 6.07) is 28.7. The predicted octanol–water partition coefficient (Wildman–Crippen LogP) is 7.20. The Bertz CT molecular complexity index is 1440. The van der Waals surface area contributed by atoms with Gasteiger partial charge in [-0.15, -0.1) is 0 Å². The molecule has 10 nitrogen and oxygen atoms in total. The smallest absolute Gasteiger partial charge is 0.238 e. The Kier molecular flexibility index (Phi) is 14.8. The number of nitrogens with one attached hydrogen (secondary N) is 4. The van der Waals surface area contributed by atoms with Crippen LogP contribution in [0.1, 0.15) is 0 Å². The fourth-order valence-corrected chi connectivity index (χ4v) is 5.52. The lowest BCUT2D eigenvalue weighted by molar-refractivity contribution is -0.123. The van der Waals surface area contributed by atoms with E-state index in [1.807, 2.05) is 48.5 Å². The number of hydrogen-bond acceptors (Lipinski definition) is 6.